The summed E-state index contributed by atoms with van der Waals surface area (Å²) in [6.07, 6.45) is 2.54. The predicted molar refractivity (Wildman–Crippen MR) is 147 cm³/mol. The summed E-state index contributed by atoms with van der Waals surface area (Å²) >= 11 is 2.79. The fourth-order valence-electron chi connectivity index (χ4n) is 4.21. The summed E-state index contributed by atoms with van der Waals surface area (Å²) in [5.41, 5.74) is 2.46. The van der Waals surface area contributed by atoms with E-state index in [4.69, 9.17) is 9.47 Å². The van der Waals surface area contributed by atoms with Gasteiger partial charge in [0, 0.05) is 30.6 Å². The summed E-state index contributed by atoms with van der Waals surface area (Å²) < 4.78 is 39.4. The lowest BCUT2D eigenvalue weighted by molar-refractivity contribution is -0.144. The Hall–Kier alpha value is -2.51. The lowest BCUT2D eigenvalue weighted by Gasteiger charge is -2.26. The van der Waals surface area contributed by atoms with E-state index in [1.54, 1.807) is 35.8 Å². The van der Waals surface area contributed by atoms with Crippen LogP contribution in [0.25, 0.3) is 0 Å². The molecule has 12 heteroatoms. The minimum Gasteiger partial charge on any atom is -0.465 e. The van der Waals surface area contributed by atoms with Gasteiger partial charge in [-0.3, -0.25) is 14.0 Å². The van der Waals surface area contributed by atoms with Crippen molar-refractivity contribution in [3.05, 3.63) is 57.4 Å². The maximum Gasteiger partial charge on any atom is 0.320 e. The zero-order valence-electron chi connectivity index (χ0n) is 21.2. The van der Waals surface area contributed by atoms with Crippen LogP contribution in [0.5, 0.6) is 0 Å². The van der Waals surface area contributed by atoms with Gasteiger partial charge in [0.1, 0.15) is 9.22 Å². The van der Waals surface area contributed by atoms with Crippen LogP contribution in [-0.2, 0) is 37.3 Å². The van der Waals surface area contributed by atoms with Crippen LogP contribution in [0, 0.1) is 0 Å². The molecule has 4 rings (SSSR count). The molecule has 0 saturated heterocycles. The minimum atomic E-state index is -3.74. The van der Waals surface area contributed by atoms with E-state index in [-0.39, 0.29) is 25.1 Å². The molecule has 1 N–H and O–H groups in total. The van der Waals surface area contributed by atoms with E-state index in [1.807, 2.05) is 43.3 Å². The first-order valence-electron chi connectivity index (χ1n) is 12.1. The van der Waals surface area contributed by atoms with Crippen LogP contribution in [0.1, 0.15) is 35.3 Å². The number of fused-ring (bicyclic) bond motifs is 1. The van der Waals surface area contributed by atoms with Gasteiger partial charge in [-0.05, 0) is 44.0 Å². The Kier molecular flexibility index (Phi) is 9.19. The van der Waals surface area contributed by atoms with Crippen LogP contribution in [0.4, 0.5) is 11.4 Å². The third-order valence-electron chi connectivity index (χ3n) is 5.82. The molecule has 0 saturated carbocycles. The Bertz CT molecular complexity index is 1290. The van der Waals surface area contributed by atoms with Crippen molar-refractivity contribution in [2.75, 3.05) is 49.6 Å². The van der Waals surface area contributed by atoms with Crippen molar-refractivity contribution in [1.82, 2.24) is 9.88 Å². The molecule has 200 valence electrons. The number of nitrogens with zero attached hydrogens (tertiary/aromatic N) is 3. The Morgan fingerprint density at radius 3 is 2.78 bits per heavy atom. The molecular formula is C25H32N4O5S3. The standard InChI is InChI=1S/C25H32N4O5S3/c1-4-33-12-11-29(37(31,32)23-10-7-13-35-23)21-9-6-8-18-14-20(27-24(18)21)25-26-15-19(36-25)16-28(3)17-22(30)34-5-2/h6-10,13,15,20,27H,4-5,11-12,14,16-17H2,1-3H3. The highest BCUT2D eigenvalue weighted by Gasteiger charge is 2.33. The van der Waals surface area contributed by atoms with Crippen molar-refractivity contribution in [3.8, 4) is 0 Å². The van der Waals surface area contributed by atoms with Crippen molar-refractivity contribution >= 4 is 50.0 Å². The molecular weight excluding hydrogens is 532 g/mol. The van der Waals surface area contributed by atoms with Gasteiger partial charge in [0.05, 0.1) is 43.7 Å². The van der Waals surface area contributed by atoms with Crippen LogP contribution in [-0.4, -0.2) is 64.2 Å². The molecule has 3 aromatic rings. The third kappa shape index (κ3) is 6.50. The number of ether oxygens (including phenoxy) is 2. The number of carbonyl (C=O) groups is 1. The number of thiazole rings is 1. The van der Waals surface area contributed by atoms with Gasteiger partial charge in [0.25, 0.3) is 10.0 Å². The predicted octanol–water partition coefficient (Wildman–Crippen LogP) is 4.14. The third-order valence-corrected chi connectivity index (χ3v) is 10.1. The van der Waals surface area contributed by atoms with Crippen LogP contribution < -0.4 is 9.62 Å². The van der Waals surface area contributed by atoms with Gasteiger partial charge in [-0.15, -0.1) is 22.7 Å². The zero-order chi connectivity index (χ0) is 26.4. The van der Waals surface area contributed by atoms with Crippen molar-refractivity contribution in [3.63, 3.8) is 0 Å². The van der Waals surface area contributed by atoms with Crippen molar-refractivity contribution < 1.29 is 22.7 Å². The van der Waals surface area contributed by atoms with E-state index < -0.39 is 10.0 Å². The van der Waals surface area contributed by atoms with Gasteiger partial charge in [-0.2, -0.15) is 0 Å². The molecule has 1 atom stereocenters. The second-order valence-corrected chi connectivity index (χ2v) is 12.7. The first-order chi connectivity index (χ1) is 17.8. The van der Waals surface area contributed by atoms with Crippen LogP contribution in [0.2, 0.25) is 0 Å². The van der Waals surface area contributed by atoms with E-state index in [0.29, 0.717) is 42.7 Å². The number of benzene rings is 1. The lowest BCUT2D eigenvalue weighted by atomic mass is 10.1. The van der Waals surface area contributed by atoms with E-state index in [1.165, 1.54) is 15.6 Å². The van der Waals surface area contributed by atoms with Gasteiger partial charge in [0.2, 0.25) is 0 Å². The van der Waals surface area contributed by atoms with Gasteiger partial charge in [0.15, 0.2) is 0 Å². The number of anilines is 2. The average molecular weight is 565 g/mol. The molecule has 0 bridgehead atoms. The highest BCUT2D eigenvalue weighted by Crippen LogP contribution is 2.43. The molecule has 1 aliphatic rings. The van der Waals surface area contributed by atoms with Crippen molar-refractivity contribution in [2.45, 2.75) is 37.1 Å². The fraction of sp³-hybridized carbons (Fsp3) is 0.440. The maximum absolute atomic E-state index is 13.6. The molecule has 0 fully saturated rings. The molecule has 3 heterocycles. The number of hydrogen-bond acceptors (Lipinski definition) is 10. The Labute approximate surface area is 226 Å². The highest BCUT2D eigenvalue weighted by atomic mass is 32.2. The Morgan fingerprint density at radius 1 is 1.22 bits per heavy atom. The molecule has 2 aromatic heterocycles. The van der Waals surface area contributed by atoms with E-state index in [9.17, 15) is 13.2 Å². The van der Waals surface area contributed by atoms with Crippen LogP contribution in [0.15, 0.2) is 46.1 Å². The number of aromatic nitrogens is 1. The minimum absolute atomic E-state index is 0.0663. The molecule has 1 aromatic carbocycles. The number of sulfonamides is 1. The van der Waals surface area contributed by atoms with Crippen molar-refractivity contribution in [2.24, 2.45) is 0 Å². The number of nitrogens with one attached hydrogen (secondary N) is 1. The topological polar surface area (TPSA) is 101 Å². The molecule has 1 aliphatic heterocycles. The van der Waals surface area contributed by atoms with E-state index in [0.717, 1.165) is 21.1 Å². The number of carbonyl (C=O) groups excluding carboxylic acids is 1. The monoisotopic (exact) mass is 564 g/mol. The second kappa shape index (κ2) is 12.4. The van der Waals surface area contributed by atoms with E-state index >= 15 is 0 Å². The number of esters is 1. The Balaban J connectivity index is 1.53. The fourth-order valence-corrected chi connectivity index (χ4v) is 7.83. The highest BCUT2D eigenvalue weighted by molar-refractivity contribution is 7.94. The van der Waals surface area contributed by atoms with E-state index in [2.05, 4.69) is 10.3 Å². The van der Waals surface area contributed by atoms with Gasteiger partial charge >= 0.3 is 5.97 Å². The summed E-state index contributed by atoms with van der Waals surface area (Å²) in [4.78, 5) is 19.3. The first-order valence-corrected chi connectivity index (χ1v) is 15.3. The number of likely N-dealkylation sites (N-methyl/N-ethyl adjacent to an activating group) is 1. The second-order valence-electron chi connectivity index (χ2n) is 8.56. The summed E-state index contributed by atoms with van der Waals surface area (Å²) in [5.74, 6) is -0.249. The number of para-hydroxylation sites is 1. The summed E-state index contributed by atoms with van der Waals surface area (Å²) in [6.45, 7) is 5.88. The molecule has 0 spiro atoms. The van der Waals surface area contributed by atoms with Crippen LogP contribution in [0.3, 0.4) is 0 Å². The van der Waals surface area contributed by atoms with Gasteiger partial charge in [-0.25, -0.2) is 13.4 Å². The molecule has 9 nitrogen and oxygen atoms in total. The first kappa shape index (κ1) is 27.5. The van der Waals surface area contributed by atoms with Gasteiger partial charge < -0.3 is 14.8 Å². The molecule has 0 aliphatic carbocycles. The molecule has 0 amide bonds. The number of thiophene rings is 1. The van der Waals surface area contributed by atoms with Gasteiger partial charge in [-0.1, -0.05) is 18.2 Å². The normalized spacial score (nSPS) is 15.0. The largest absolute Gasteiger partial charge is 0.465 e. The molecule has 37 heavy (non-hydrogen) atoms. The average Bonchev–Trinajstić information content (AvgIpc) is 3.62. The summed E-state index contributed by atoms with van der Waals surface area (Å²) in [6, 6.07) is 9.06. The number of rotatable bonds is 13. The Morgan fingerprint density at radius 2 is 2.05 bits per heavy atom. The quantitative estimate of drug-likeness (QED) is 0.244. The smallest absolute Gasteiger partial charge is 0.320 e. The van der Waals surface area contributed by atoms with Crippen LogP contribution >= 0.6 is 22.7 Å². The maximum atomic E-state index is 13.6. The summed E-state index contributed by atoms with van der Waals surface area (Å²) in [5, 5.41) is 6.23. The zero-order valence-corrected chi connectivity index (χ0v) is 23.6. The molecule has 0 radical (unpaired) electrons. The summed E-state index contributed by atoms with van der Waals surface area (Å²) in [7, 11) is -1.87. The SMILES string of the molecule is CCOCCN(c1cccc2c1NC(c1ncc(CN(C)CC(=O)OCC)s1)C2)S(=O)(=O)c1cccs1. The number of hydrogen-bond donors (Lipinski definition) is 1. The lowest BCUT2D eigenvalue weighted by Crippen LogP contribution is -2.34. The molecule has 1 unspecified atom stereocenters. The van der Waals surface area contributed by atoms with Crippen molar-refractivity contribution in [1.29, 1.82) is 0 Å².